The Labute approximate surface area is 347 Å². The maximum Gasteiger partial charge on any atom is 0.160 e. The molecule has 0 N–H and O–H groups in total. The van der Waals surface area contributed by atoms with Gasteiger partial charge in [-0.1, -0.05) is 91.0 Å². The van der Waals surface area contributed by atoms with Crippen LogP contribution in [0.4, 0.5) is 0 Å². The van der Waals surface area contributed by atoms with Gasteiger partial charge in [0.1, 0.15) is 0 Å². The van der Waals surface area contributed by atoms with Crippen LogP contribution in [-0.4, -0.2) is 39.9 Å². The van der Waals surface area contributed by atoms with Crippen molar-refractivity contribution in [2.24, 2.45) is 0 Å². The number of rotatable bonds is 9. The fourth-order valence-corrected chi connectivity index (χ4v) is 7.17. The zero-order valence-corrected chi connectivity index (χ0v) is 32.2. The lowest BCUT2D eigenvalue weighted by Gasteiger charge is -2.13. The van der Waals surface area contributed by atoms with E-state index in [1.165, 1.54) is 0 Å². The summed E-state index contributed by atoms with van der Waals surface area (Å²) >= 11 is 0. The first-order valence-corrected chi connectivity index (χ1v) is 19.5. The molecule has 10 rings (SSSR count). The largest absolute Gasteiger partial charge is 0.265 e. The molecule has 10 aromatic rings. The van der Waals surface area contributed by atoms with Crippen LogP contribution in [0.1, 0.15) is 0 Å². The van der Waals surface area contributed by atoms with E-state index in [9.17, 15) is 0 Å². The number of hydrogen-bond donors (Lipinski definition) is 0. The number of aromatic nitrogens is 8. The molecule has 0 saturated heterocycles. The average molecular weight is 771 g/mol. The highest BCUT2D eigenvalue weighted by Gasteiger charge is 2.18. The normalized spacial score (nSPS) is 11.0. The highest BCUT2D eigenvalue weighted by molar-refractivity contribution is 5.81. The molecule has 0 bridgehead atoms. The van der Waals surface area contributed by atoms with E-state index in [0.717, 1.165) is 72.8 Å². The molecule has 282 valence electrons. The summed E-state index contributed by atoms with van der Waals surface area (Å²) in [6, 6.07) is 57.1. The lowest BCUT2D eigenvalue weighted by atomic mass is 9.98. The summed E-state index contributed by atoms with van der Waals surface area (Å²) in [7, 11) is 0. The summed E-state index contributed by atoms with van der Waals surface area (Å²) < 4.78 is 0. The van der Waals surface area contributed by atoms with Gasteiger partial charge in [0.15, 0.2) is 5.82 Å². The lowest BCUT2D eigenvalue weighted by Crippen LogP contribution is -2.00. The maximum atomic E-state index is 5.20. The first-order valence-electron chi connectivity index (χ1n) is 19.5. The Kier molecular flexibility index (Phi) is 9.75. The van der Waals surface area contributed by atoms with Gasteiger partial charge in [0.2, 0.25) is 0 Å². The zero-order chi connectivity index (χ0) is 40.1. The summed E-state index contributed by atoms with van der Waals surface area (Å²) in [5.74, 6) is 0.560. The van der Waals surface area contributed by atoms with Crippen LogP contribution in [0.5, 0.6) is 0 Å². The van der Waals surface area contributed by atoms with Gasteiger partial charge in [0, 0.05) is 42.7 Å². The zero-order valence-electron chi connectivity index (χ0n) is 32.2. The summed E-state index contributed by atoms with van der Waals surface area (Å²) in [6.07, 6.45) is 10.8. The molecule has 0 fully saturated rings. The number of pyridine rings is 6. The molecule has 0 amide bonds. The molecule has 3 aromatic carbocycles. The molecule has 8 heteroatoms. The maximum absolute atomic E-state index is 5.20. The van der Waals surface area contributed by atoms with Gasteiger partial charge in [-0.2, -0.15) is 0 Å². The predicted octanol–water partition coefficient (Wildman–Crippen LogP) is 11.8. The Morgan fingerprint density at radius 2 is 0.567 bits per heavy atom. The van der Waals surface area contributed by atoms with Crippen LogP contribution < -0.4 is 0 Å². The fraction of sp³-hybridized carbons (Fsp3) is 0. The minimum atomic E-state index is 0.560. The van der Waals surface area contributed by atoms with Gasteiger partial charge >= 0.3 is 0 Å². The third kappa shape index (κ3) is 7.68. The van der Waals surface area contributed by atoms with Gasteiger partial charge < -0.3 is 0 Å². The van der Waals surface area contributed by atoms with Crippen LogP contribution in [0.25, 0.3) is 101 Å². The summed E-state index contributed by atoms with van der Waals surface area (Å²) in [4.78, 5) is 38.5. The fourth-order valence-electron chi connectivity index (χ4n) is 7.17. The average Bonchev–Trinajstić information content (AvgIpc) is 3.35. The molecule has 0 saturated carbocycles. The van der Waals surface area contributed by atoms with E-state index in [0.29, 0.717) is 28.6 Å². The van der Waals surface area contributed by atoms with E-state index in [1.807, 2.05) is 122 Å². The van der Waals surface area contributed by atoms with Crippen molar-refractivity contribution in [3.05, 3.63) is 207 Å². The molecule has 0 aliphatic heterocycles. The SMILES string of the molecule is c1ccc(-c2nc(-c3cc(-c4ccc(-c5ccncc5)cc4)cc(-c4ccccn4)n3)cc(-c3cc(-c4ccc(-c5ccncc5)cc4)cc(-c4ccccn4)n3)n2)cc1. The molecule has 0 radical (unpaired) electrons. The second-order valence-corrected chi connectivity index (χ2v) is 14.1. The third-order valence-electron chi connectivity index (χ3n) is 10.3. The Morgan fingerprint density at radius 3 is 0.967 bits per heavy atom. The molecule has 7 heterocycles. The van der Waals surface area contributed by atoms with Gasteiger partial charge in [0.05, 0.1) is 45.6 Å². The predicted molar refractivity (Wildman–Crippen MR) is 238 cm³/mol. The highest BCUT2D eigenvalue weighted by Crippen LogP contribution is 2.35. The van der Waals surface area contributed by atoms with Crippen LogP contribution in [-0.2, 0) is 0 Å². The number of hydrogen-bond acceptors (Lipinski definition) is 8. The Bertz CT molecular complexity index is 2850. The van der Waals surface area contributed by atoms with Gasteiger partial charge in [0.25, 0.3) is 0 Å². The Hall–Kier alpha value is -8.36. The molecule has 60 heavy (non-hydrogen) atoms. The smallest absolute Gasteiger partial charge is 0.160 e. The van der Waals surface area contributed by atoms with E-state index in [2.05, 4.69) is 92.7 Å². The molecule has 0 atom stereocenters. The summed E-state index contributed by atoms with van der Waals surface area (Å²) in [5.41, 5.74) is 15.0. The molecule has 0 unspecified atom stereocenters. The molecular formula is C52H34N8. The van der Waals surface area contributed by atoms with Crippen molar-refractivity contribution in [3.8, 4) is 101 Å². The summed E-state index contributed by atoms with van der Waals surface area (Å²) in [6.45, 7) is 0. The van der Waals surface area contributed by atoms with Crippen LogP contribution in [0.15, 0.2) is 207 Å². The first-order chi connectivity index (χ1) is 29.7. The number of benzene rings is 3. The van der Waals surface area contributed by atoms with E-state index in [4.69, 9.17) is 19.9 Å². The second kappa shape index (κ2) is 16.2. The minimum Gasteiger partial charge on any atom is -0.265 e. The topological polar surface area (TPSA) is 103 Å². The van der Waals surface area contributed by atoms with Crippen molar-refractivity contribution in [3.63, 3.8) is 0 Å². The van der Waals surface area contributed by atoms with Crippen molar-refractivity contribution in [2.45, 2.75) is 0 Å². The van der Waals surface area contributed by atoms with Gasteiger partial charge in [-0.05, 0) is 123 Å². The first kappa shape index (κ1) is 36.0. The van der Waals surface area contributed by atoms with Crippen molar-refractivity contribution in [1.29, 1.82) is 0 Å². The second-order valence-electron chi connectivity index (χ2n) is 14.1. The van der Waals surface area contributed by atoms with Gasteiger partial charge in [-0.15, -0.1) is 0 Å². The van der Waals surface area contributed by atoms with Crippen molar-refractivity contribution < 1.29 is 0 Å². The van der Waals surface area contributed by atoms with E-state index < -0.39 is 0 Å². The van der Waals surface area contributed by atoms with Crippen molar-refractivity contribution >= 4 is 0 Å². The molecule has 0 aliphatic carbocycles. The number of nitrogens with zero attached hydrogens (tertiary/aromatic N) is 8. The minimum absolute atomic E-state index is 0.560. The summed E-state index contributed by atoms with van der Waals surface area (Å²) in [5, 5.41) is 0. The van der Waals surface area contributed by atoms with Gasteiger partial charge in [-0.25, -0.2) is 19.9 Å². The van der Waals surface area contributed by atoms with E-state index in [1.54, 1.807) is 12.4 Å². The molecule has 8 nitrogen and oxygen atoms in total. The van der Waals surface area contributed by atoms with Crippen molar-refractivity contribution in [1.82, 2.24) is 39.9 Å². The Morgan fingerprint density at radius 1 is 0.217 bits per heavy atom. The Balaban J connectivity index is 1.14. The van der Waals surface area contributed by atoms with E-state index >= 15 is 0 Å². The van der Waals surface area contributed by atoms with Crippen LogP contribution in [0.3, 0.4) is 0 Å². The van der Waals surface area contributed by atoms with Crippen LogP contribution in [0.2, 0.25) is 0 Å². The van der Waals surface area contributed by atoms with Gasteiger partial charge in [-0.3, -0.25) is 19.9 Å². The van der Waals surface area contributed by atoms with Crippen LogP contribution in [0, 0.1) is 0 Å². The lowest BCUT2D eigenvalue weighted by molar-refractivity contribution is 1.14. The molecular weight excluding hydrogens is 737 g/mol. The highest BCUT2D eigenvalue weighted by atomic mass is 14.9. The third-order valence-corrected chi connectivity index (χ3v) is 10.3. The molecule has 0 aliphatic rings. The van der Waals surface area contributed by atoms with Crippen molar-refractivity contribution in [2.75, 3.05) is 0 Å². The molecule has 0 spiro atoms. The van der Waals surface area contributed by atoms with Crippen LogP contribution >= 0.6 is 0 Å². The monoisotopic (exact) mass is 770 g/mol. The quantitative estimate of drug-likeness (QED) is 0.143. The molecule has 7 aromatic heterocycles. The van der Waals surface area contributed by atoms with E-state index in [-0.39, 0.29) is 0 Å². The standard InChI is InChI=1S/C52H34N8/c1-2-8-41(9-3-1)52-59-50(48-32-42(30-46(57-48)44-10-4-6-24-55-44)37-16-12-35(13-17-37)39-20-26-53-27-21-39)34-51(60-52)49-33-43(31-47(58-49)45-11-5-7-25-56-45)38-18-14-36(15-19-38)40-22-28-54-29-23-40/h1-34H.